The number of primary amides is 1. The fourth-order valence-corrected chi connectivity index (χ4v) is 0.270. The summed E-state index contributed by atoms with van der Waals surface area (Å²) >= 11 is 0. The molecular formula is C3H6CuN2O+2. The van der Waals surface area contributed by atoms with Gasteiger partial charge in [-0.1, -0.05) is 0 Å². The fourth-order valence-electron chi connectivity index (χ4n) is 0.270. The second-order valence-corrected chi connectivity index (χ2v) is 1.33. The molecule has 7 heavy (non-hydrogen) atoms. The maximum Gasteiger partial charge on any atom is 2.00 e. The molecule has 1 saturated heterocycles. The van der Waals surface area contributed by atoms with Crippen LogP contribution in [0.4, 0.5) is 4.79 Å². The van der Waals surface area contributed by atoms with E-state index in [0.29, 0.717) is 0 Å². The van der Waals surface area contributed by atoms with Gasteiger partial charge in [-0.05, 0) is 0 Å². The smallest absolute Gasteiger partial charge is 0.351 e. The second-order valence-electron chi connectivity index (χ2n) is 1.33. The molecule has 0 atom stereocenters. The Kier molecular flexibility index (Phi) is 2.12. The van der Waals surface area contributed by atoms with Crippen LogP contribution in [-0.4, -0.2) is 24.0 Å². The minimum atomic E-state index is -0.296. The molecule has 3 nitrogen and oxygen atoms in total. The summed E-state index contributed by atoms with van der Waals surface area (Å²) in [4.78, 5) is 11.5. The molecule has 1 fully saturated rings. The van der Waals surface area contributed by atoms with E-state index in [1.54, 1.807) is 4.90 Å². The van der Waals surface area contributed by atoms with Crippen molar-refractivity contribution in [2.24, 2.45) is 5.73 Å². The van der Waals surface area contributed by atoms with Crippen LogP contribution >= 0.6 is 0 Å². The molecule has 1 aliphatic rings. The Balaban J connectivity index is 0.000000360. The van der Waals surface area contributed by atoms with E-state index in [1.165, 1.54) is 0 Å². The van der Waals surface area contributed by atoms with Gasteiger partial charge in [0.15, 0.2) is 0 Å². The third-order valence-corrected chi connectivity index (χ3v) is 0.759. The molecule has 2 N–H and O–H groups in total. The molecule has 1 aliphatic heterocycles. The number of carbonyl (C=O) groups is 1. The van der Waals surface area contributed by atoms with E-state index < -0.39 is 0 Å². The van der Waals surface area contributed by atoms with Crippen LogP contribution < -0.4 is 5.73 Å². The van der Waals surface area contributed by atoms with Crippen molar-refractivity contribution in [1.29, 1.82) is 0 Å². The summed E-state index contributed by atoms with van der Waals surface area (Å²) in [5.41, 5.74) is 4.78. The zero-order valence-corrected chi connectivity index (χ0v) is 4.59. The van der Waals surface area contributed by atoms with Crippen molar-refractivity contribution in [3.63, 3.8) is 0 Å². The van der Waals surface area contributed by atoms with Gasteiger partial charge in [0, 0.05) is 13.1 Å². The van der Waals surface area contributed by atoms with Gasteiger partial charge in [-0.2, -0.15) is 0 Å². The van der Waals surface area contributed by atoms with Crippen LogP contribution in [0, 0.1) is 0 Å². The molecule has 1 rings (SSSR count). The summed E-state index contributed by atoms with van der Waals surface area (Å²) in [6.45, 7) is 1.71. The normalized spacial score (nSPS) is 15.1. The first-order valence-corrected chi connectivity index (χ1v) is 1.85. The minimum absolute atomic E-state index is 0. The Morgan fingerprint density at radius 3 is 2.00 bits per heavy atom. The maximum atomic E-state index is 9.91. The fraction of sp³-hybridized carbons (Fsp3) is 0.667. The van der Waals surface area contributed by atoms with Gasteiger partial charge in [0.2, 0.25) is 0 Å². The third-order valence-electron chi connectivity index (χ3n) is 0.759. The van der Waals surface area contributed by atoms with Gasteiger partial charge in [-0.3, -0.25) is 0 Å². The van der Waals surface area contributed by atoms with Crippen molar-refractivity contribution in [3.8, 4) is 0 Å². The van der Waals surface area contributed by atoms with Gasteiger partial charge in [0.05, 0.1) is 0 Å². The summed E-state index contributed by atoms with van der Waals surface area (Å²) in [7, 11) is 0. The SMILES string of the molecule is NC(=O)N1CC1.[Cu+2]. The van der Waals surface area contributed by atoms with Crippen LogP contribution in [0.5, 0.6) is 0 Å². The molecule has 4 heteroatoms. The summed E-state index contributed by atoms with van der Waals surface area (Å²) in [6, 6.07) is -0.296. The number of amides is 2. The van der Waals surface area contributed by atoms with Crippen LogP contribution in [-0.2, 0) is 17.1 Å². The molecule has 0 saturated carbocycles. The third kappa shape index (κ3) is 1.80. The molecule has 0 bridgehead atoms. The van der Waals surface area contributed by atoms with E-state index in [9.17, 15) is 4.79 Å². The van der Waals surface area contributed by atoms with E-state index in [0.717, 1.165) is 13.1 Å². The number of hydrogen-bond donors (Lipinski definition) is 1. The molecule has 0 unspecified atom stereocenters. The van der Waals surface area contributed by atoms with Gasteiger partial charge in [0.1, 0.15) is 0 Å². The van der Waals surface area contributed by atoms with Gasteiger partial charge < -0.3 is 10.6 Å². The van der Waals surface area contributed by atoms with E-state index in [4.69, 9.17) is 5.73 Å². The maximum absolute atomic E-state index is 9.91. The Labute approximate surface area is 52.3 Å². The number of urea groups is 1. The number of carbonyl (C=O) groups excluding carboxylic acids is 1. The molecular weight excluding hydrogens is 144 g/mol. The monoisotopic (exact) mass is 149 g/mol. The van der Waals surface area contributed by atoms with E-state index in [-0.39, 0.29) is 23.1 Å². The van der Waals surface area contributed by atoms with Crippen molar-refractivity contribution in [2.75, 3.05) is 13.1 Å². The average molecular weight is 150 g/mol. The van der Waals surface area contributed by atoms with Crippen molar-refractivity contribution in [3.05, 3.63) is 0 Å². The Bertz CT molecular complexity index is 81.0. The number of nitrogens with zero attached hydrogens (tertiary/aromatic N) is 1. The van der Waals surface area contributed by atoms with Gasteiger partial charge in [0.25, 0.3) is 0 Å². The summed E-state index contributed by atoms with van der Waals surface area (Å²) in [5, 5.41) is 0. The minimum Gasteiger partial charge on any atom is -0.351 e. The van der Waals surface area contributed by atoms with Crippen molar-refractivity contribution >= 4 is 6.03 Å². The van der Waals surface area contributed by atoms with E-state index in [2.05, 4.69) is 0 Å². The number of nitrogens with two attached hydrogens (primary N) is 1. The summed E-state index contributed by atoms with van der Waals surface area (Å²) in [5.74, 6) is 0. The average Bonchev–Trinajstić information content (AvgIpc) is 2.06. The first-order valence-electron chi connectivity index (χ1n) is 1.85. The van der Waals surface area contributed by atoms with Gasteiger partial charge in [-0.15, -0.1) is 0 Å². The van der Waals surface area contributed by atoms with E-state index in [1.807, 2.05) is 0 Å². The topological polar surface area (TPSA) is 46.1 Å². The molecule has 1 radical (unpaired) electrons. The number of rotatable bonds is 0. The largest absolute Gasteiger partial charge is 2.00 e. The zero-order valence-electron chi connectivity index (χ0n) is 3.65. The zero-order chi connectivity index (χ0) is 4.57. The van der Waals surface area contributed by atoms with Crippen molar-refractivity contribution in [1.82, 2.24) is 4.90 Å². The van der Waals surface area contributed by atoms with Crippen molar-refractivity contribution in [2.45, 2.75) is 0 Å². The van der Waals surface area contributed by atoms with Gasteiger partial charge >= 0.3 is 23.1 Å². The van der Waals surface area contributed by atoms with Crippen LogP contribution in [0.3, 0.4) is 0 Å². The van der Waals surface area contributed by atoms with Crippen LogP contribution in [0.2, 0.25) is 0 Å². The predicted octanol–water partition coefficient (Wildman–Crippen LogP) is -0.622. The Hall–Kier alpha value is -0.211. The first kappa shape index (κ1) is 6.79. The first-order chi connectivity index (χ1) is 2.80. The summed E-state index contributed by atoms with van der Waals surface area (Å²) in [6.07, 6.45) is 0. The second kappa shape index (κ2) is 2.19. The van der Waals surface area contributed by atoms with E-state index >= 15 is 0 Å². The Morgan fingerprint density at radius 1 is 1.57 bits per heavy atom. The predicted molar refractivity (Wildman–Crippen MR) is 21.2 cm³/mol. The standard InChI is InChI=1S/C3H6N2O.Cu/c4-3(6)5-1-2-5;/h1-2H2,(H2,4,6);/q;+2. The summed E-state index contributed by atoms with van der Waals surface area (Å²) < 4.78 is 0. The quantitative estimate of drug-likeness (QED) is 0.362. The number of hydrogen-bond acceptors (Lipinski definition) is 1. The molecule has 0 aromatic heterocycles. The molecule has 43 valence electrons. The molecule has 2 amide bonds. The van der Waals surface area contributed by atoms with Crippen LogP contribution in [0.15, 0.2) is 0 Å². The molecule has 0 aromatic rings. The van der Waals surface area contributed by atoms with Crippen LogP contribution in [0.1, 0.15) is 0 Å². The molecule has 0 spiro atoms. The van der Waals surface area contributed by atoms with Crippen molar-refractivity contribution < 1.29 is 21.9 Å². The molecule has 0 aromatic carbocycles. The molecule has 1 heterocycles. The molecule has 0 aliphatic carbocycles. The Morgan fingerprint density at radius 2 is 2.00 bits per heavy atom. The van der Waals surface area contributed by atoms with Gasteiger partial charge in [-0.25, -0.2) is 4.79 Å². The van der Waals surface area contributed by atoms with Crippen LogP contribution in [0.25, 0.3) is 0 Å².